The van der Waals surface area contributed by atoms with Crippen LogP contribution in [0.2, 0.25) is 0 Å². The van der Waals surface area contributed by atoms with Gasteiger partial charge < -0.3 is 40.7 Å². The normalized spacial score (nSPS) is 31.8. The van der Waals surface area contributed by atoms with E-state index in [2.05, 4.69) is 45.7 Å². The van der Waals surface area contributed by atoms with E-state index < -0.39 is 77.1 Å². The lowest BCUT2D eigenvalue weighted by Gasteiger charge is -2.59. The van der Waals surface area contributed by atoms with Gasteiger partial charge in [-0.05, 0) is 98.3 Å². The number of carbonyl (C=O) groups excluding carboxylic acids is 5. The minimum atomic E-state index is -1.45. The summed E-state index contributed by atoms with van der Waals surface area (Å²) >= 11 is 4.54. The van der Waals surface area contributed by atoms with E-state index in [1.807, 2.05) is 31.2 Å². The van der Waals surface area contributed by atoms with E-state index in [0.29, 0.717) is 24.9 Å². The number of carboxylic acid groups (broad SMARTS) is 1. The molecule has 5 aliphatic rings. The number of fused-ring (bicyclic) bond motifs is 7. The van der Waals surface area contributed by atoms with Crippen LogP contribution in [0.4, 0.5) is 5.69 Å². The van der Waals surface area contributed by atoms with Gasteiger partial charge in [0.2, 0.25) is 17.7 Å². The Morgan fingerprint density at radius 1 is 1.10 bits per heavy atom. The predicted molar refractivity (Wildman–Crippen MR) is 224 cm³/mol. The number of allylic oxidation sites excluding steroid dienone is 4. The summed E-state index contributed by atoms with van der Waals surface area (Å²) in [6.07, 6.45) is 6.18. The van der Waals surface area contributed by atoms with Crippen molar-refractivity contribution >= 4 is 68.2 Å². The molecule has 2 aromatic rings. The van der Waals surface area contributed by atoms with E-state index in [1.54, 1.807) is 35.6 Å². The Hall–Kier alpha value is -4.06. The number of halogens is 1. The zero-order chi connectivity index (χ0) is 43.1. The highest BCUT2D eigenvalue weighted by molar-refractivity contribution is 9.09. The molecule has 4 fully saturated rings. The molecule has 10 atom stereocenters. The number of aliphatic carboxylic acids is 1. The number of ether oxygens (including phenoxy) is 2. The second-order valence-corrected chi connectivity index (χ2v) is 18.8. The molecule has 1 aromatic heterocycles. The summed E-state index contributed by atoms with van der Waals surface area (Å²) in [5.41, 5.74) is 0.754. The van der Waals surface area contributed by atoms with Crippen LogP contribution in [-0.2, 0) is 51.1 Å². The van der Waals surface area contributed by atoms with Crippen molar-refractivity contribution in [3.05, 3.63) is 75.0 Å². The molecule has 0 bridgehead atoms. The summed E-state index contributed by atoms with van der Waals surface area (Å²) in [4.78, 5) is 76.5. The Morgan fingerprint density at radius 2 is 1.85 bits per heavy atom. The molecule has 4 aliphatic carbocycles. The molecule has 322 valence electrons. The van der Waals surface area contributed by atoms with Crippen molar-refractivity contribution in [3.8, 4) is 0 Å². The first-order valence-corrected chi connectivity index (χ1v) is 22.5. The Balaban J connectivity index is 1.05. The zero-order valence-corrected chi connectivity index (χ0v) is 36.2. The Labute approximate surface area is 360 Å². The number of nitrogens with one attached hydrogen (secondary N) is 3. The summed E-state index contributed by atoms with van der Waals surface area (Å²) in [6, 6.07) is 8.07. The average molecular weight is 911 g/mol. The lowest BCUT2D eigenvalue weighted by Crippen LogP contribution is -2.63. The standard InChI is InChI=1S/C44H52BrN3O11S/c1-4-32-24(15-23-5-8-26(9-6-23)47-40(57)30(11-12-38(55)56)48-37(54)21-46-36(53)20-45)16-33(60-32)41-58-35-18-29-28-10-7-25-17-27(50)13-14-42(25,2)39(28)31(51)19-43(29,3)44(35,59-41)34(52)22-49/h5-6,8-9,13-14,16-17,28-31,35,39,41,49,51H,4,7,10-12,15,18-22H2,1-3H3,(H,46,53)(H,47,57)(H,48,54)(H,55,56)/t28-,29-,30-,31-,35+,39+,41+,42-,43-,44+/m0/s1. The zero-order valence-electron chi connectivity index (χ0n) is 33.8. The number of aliphatic hydroxyl groups excluding tert-OH is 2. The lowest BCUT2D eigenvalue weighted by molar-refractivity contribution is -0.200. The van der Waals surface area contributed by atoms with Crippen molar-refractivity contribution in [3.63, 3.8) is 0 Å². The first kappa shape index (κ1) is 44.0. The largest absolute Gasteiger partial charge is 0.481 e. The maximum Gasteiger partial charge on any atom is 0.303 e. The maximum atomic E-state index is 14.0. The molecule has 2 heterocycles. The van der Waals surface area contributed by atoms with Gasteiger partial charge in [0.25, 0.3) is 0 Å². The van der Waals surface area contributed by atoms with Crippen molar-refractivity contribution in [2.45, 2.75) is 102 Å². The van der Waals surface area contributed by atoms with Crippen molar-refractivity contribution < 1.29 is 53.6 Å². The van der Waals surface area contributed by atoms with E-state index in [9.17, 15) is 44.1 Å². The van der Waals surface area contributed by atoms with Crippen LogP contribution in [0.25, 0.3) is 0 Å². The molecule has 16 heteroatoms. The van der Waals surface area contributed by atoms with Gasteiger partial charge >= 0.3 is 5.97 Å². The van der Waals surface area contributed by atoms with Crippen LogP contribution < -0.4 is 16.0 Å². The van der Waals surface area contributed by atoms with Gasteiger partial charge in [0, 0.05) is 33.7 Å². The fraction of sp³-hybridized carbons (Fsp3) is 0.545. The Morgan fingerprint density at radius 3 is 2.53 bits per heavy atom. The van der Waals surface area contributed by atoms with Crippen LogP contribution in [0.1, 0.15) is 86.5 Å². The Bertz CT molecular complexity index is 2120. The van der Waals surface area contributed by atoms with Gasteiger partial charge in [-0.3, -0.25) is 28.8 Å². The van der Waals surface area contributed by atoms with Crippen molar-refractivity contribution in [1.82, 2.24) is 10.6 Å². The summed E-state index contributed by atoms with van der Waals surface area (Å²) < 4.78 is 13.6. The number of thiophene rings is 1. The van der Waals surface area contributed by atoms with Gasteiger partial charge in [-0.1, -0.05) is 60.5 Å². The number of ketones is 2. The number of rotatable bonds is 15. The molecule has 0 spiro atoms. The molecule has 60 heavy (non-hydrogen) atoms. The molecule has 1 saturated heterocycles. The molecule has 1 aliphatic heterocycles. The van der Waals surface area contributed by atoms with E-state index >= 15 is 0 Å². The van der Waals surface area contributed by atoms with Gasteiger partial charge in [-0.25, -0.2) is 0 Å². The predicted octanol–water partition coefficient (Wildman–Crippen LogP) is 4.30. The molecular formula is C44H52BrN3O11S. The number of hydrogen-bond donors (Lipinski definition) is 6. The number of anilines is 1. The quantitative estimate of drug-likeness (QED) is 0.139. The molecule has 3 amide bonds. The first-order chi connectivity index (χ1) is 28.6. The van der Waals surface area contributed by atoms with E-state index in [-0.39, 0.29) is 48.3 Å². The van der Waals surface area contributed by atoms with Crippen molar-refractivity contribution in [2.75, 3.05) is 23.8 Å². The number of benzene rings is 1. The molecule has 14 nitrogen and oxygen atoms in total. The number of hydrogen-bond acceptors (Lipinski definition) is 11. The second-order valence-electron chi connectivity index (χ2n) is 17.1. The highest BCUT2D eigenvalue weighted by Gasteiger charge is 2.76. The summed E-state index contributed by atoms with van der Waals surface area (Å²) in [5.74, 6) is -3.33. The molecule has 1 aromatic carbocycles. The van der Waals surface area contributed by atoms with Gasteiger partial charge in [0.05, 0.1) is 29.0 Å². The van der Waals surface area contributed by atoms with Gasteiger partial charge in [0.1, 0.15) is 12.6 Å². The summed E-state index contributed by atoms with van der Waals surface area (Å²) in [7, 11) is 0. The van der Waals surface area contributed by atoms with E-state index in [1.165, 1.54) is 0 Å². The van der Waals surface area contributed by atoms with Crippen LogP contribution in [0.3, 0.4) is 0 Å². The van der Waals surface area contributed by atoms with Crippen LogP contribution in [0.15, 0.2) is 54.1 Å². The van der Waals surface area contributed by atoms with Crippen LogP contribution in [0, 0.1) is 28.6 Å². The minimum absolute atomic E-state index is 0.00191. The molecular weight excluding hydrogens is 858 g/mol. The van der Waals surface area contributed by atoms with Crippen LogP contribution in [0.5, 0.6) is 0 Å². The SMILES string of the molecule is CCc1sc([C@@H]2O[C@@H]3C[C@H]4[C@@H]5CCC6=CC(=O)C=C[C@]6(C)[C@H]5[C@@H](O)C[C@]4(C)[C@]3(C(=O)CO)O2)cc1Cc1ccc(NC(=O)[C@H](CCC(=O)O)NC(=O)CNC(=O)CBr)cc1. The van der Waals surface area contributed by atoms with Crippen LogP contribution in [-0.4, -0.2) is 92.9 Å². The molecule has 6 N–H and O–H groups in total. The third-order valence-electron chi connectivity index (χ3n) is 13.7. The third kappa shape index (κ3) is 7.95. The number of alkyl halides is 1. The molecule has 7 rings (SSSR count). The maximum absolute atomic E-state index is 14.0. The second kappa shape index (κ2) is 17.4. The molecule has 0 radical (unpaired) electrons. The molecule has 0 unspecified atom stereocenters. The smallest absolute Gasteiger partial charge is 0.303 e. The average Bonchev–Trinajstić information content (AvgIpc) is 3.88. The number of carboxylic acids is 1. The molecule has 3 saturated carbocycles. The number of aliphatic hydroxyl groups is 2. The fourth-order valence-corrected chi connectivity index (χ4v) is 12.3. The van der Waals surface area contributed by atoms with E-state index in [0.717, 1.165) is 45.7 Å². The number of carbonyl (C=O) groups is 6. The number of amides is 3. The highest BCUT2D eigenvalue weighted by atomic mass is 79.9. The van der Waals surface area contributed by atoms with Crippen molar-refractivity contribution in [2.24, 2.45) is 28.6 Å². The first-order valence-electron chi connectivity index (χ1n) is 20.5. The van der Waals surface area contributed by atoms with E-state index in [4.69, 9.17) is 9.47 Å². The Kier molecular flexibility index (Phi) is 12.7. The van der Waals surface area contributed by atoms with Gasteiger partial charge in [-0.15, -0.1) is 11.3 Å². The summed E-state index contributed by atoms with van der Waals surface area (Å²) in [6.45, 7) is 5.11. The third-order valence-corrected chi connectivity index (χ3v) is 15.6. The van der Waals surface area contributed by atoms with Crippen molar-refractivity contribution in [1.29, 1.82) is 0 Å². The minimum Gasteiger partial charge on any atom is -0.481 e. The monoisotopic (exact) mass is 909 g/mol. The number of Topliss-reactive ketones (excluding diaryl/α,β-unsaturated/α-hetero) is 1. The topological polar surface area (TPSA) is 218 Å². The number of aryl methyl sites for hydroxylation is 1. The highest BCUT2D eigenvalue weighted by Crippen LogP contribution is 2.70. The van der Waals surface area contributed by atoms with Crippen LogP contribution >= 0.6 is 27.3 Å². The van der Waals surface area contributed by atoms with Gasteiger partial charge in [0.15, 0.2) is 23.5 Å². The fourth-order valence-electron chi connectivity index (χ4n) is 11.0. The summed E-state index contributed by atoms with van der Waals surface area (Å²) in [5, 5.41) is 39.2. The van der Waals surface area contributed by atoms with Gasteiger partial charge in [-0.2, -0.15) is 0 Å². The lowest BCUT2D eigenvalue weighted by atomic mass is 9.46.